The van der Waals surface area contributed by atoms with Gasteiger partial charge < -0.3 is 9.84 Å². The highest BCUT2D eigenvalue weighted by Crippen LogP contribution is 2.15. The maximum Gasteiger partial charge on any atom is 0.412 e. The summed E-state index contributed by atoms with van der Waals surface area (Å²) in [5.41, 5.74) is 4.42. The van der Waals surface area contributed by atoms with Crippen LogP contribution in [0.25, 0.3) is 0 Å². The van der Waals surface area contributed by atoms with Crippen molar-refractivity contribution in [3.63, 3.8) is 0 Å². The van der Waals surface area contributed by atoms with Crippen LogP contribution in [-0.2, 0) is 4.74 Å². The van der Waals surface area contributed by atoms with Crippen LogP contribution in [0.4, 0.5) is 10.5 Å². The van der Waals surface area contributed by atoms with Crippen LogP contribution in [0, 0.1) is 0 Å². The number of nitrogens with one attached hydrogen (secondary N) is 3. The van der Waals surface area contributed by atoms with Crippen LogP contribution in [0.3, 0.4) is 0 Å². The van der Waals surface area contributed by atoms with E-state index in [1.54, 1.807) is 45.0 Å². The monoisotopic (exact) mass is 371 g/mol. The number of carbonyl (C=O) groups is 3. The van der Waals surface area contributed by atoms with E-state index < -0.39 is 23.5 Å². The summed E-state index contributed by atoms with van der Waals surface area (Å²) in [6.45, 7) is 5.22. The zero-order chi connectivity index (χ0) is 20.0. The average molecular weight is 371 g/mol. The number of hydrazine groups is 1. The number of phenols is 1. The molecule has 0 aliphatic carbocycles. The number of phenolic OH excluding ortho intramolecular Hbond substituents is 1. The number of aromatic hydroxyl groups is 1. The van der Waals surface area contributed by atoms with E-state index in [2.05, 4.69) is 16.2 Å². The SMILES string of the molecule is CC(C)(C)OC(=O)Nc1cccc(C(=O)NNC(=O)c2ccccc2O)c1. The molecule has 4 N–H and O–H groups in total. The Morgan fingerprint density at radius 3 is 2.26 bits per heavy atom. The third-order valence-electron chi connectivity index (χ3n) is 3.21. The number of carbonyl (C=O) groups excluding carboxylic acids is 3. The van der Waals surface area contributed by atoms with Gasteiger partial charge in [-0.3, -0.25) is 25.8 Å². The van der Waals surface area contributed by atoms with Crippen molar-refractivity contribution in [2.24, 2.45) is 0 Å². The fourth-order valence-electron chi connectivity index (χ4n) is 2.08. The lowest BCUT2D eigenvalue weighted by Gasteiger charge is -2.19. The summed E-state index contributed by atoms with van der Waals surface area (Å²) in [5, 5.41) is 12.2. The summed E-state index contributed by atoms with van der Waals surface area (Å²) >= 11 is 0. The minimum Gasteiger partial charge on any atom is -0.507 e. The minimum atomic E-state index is -0.663. The van der Waals surface area contributed by atoms with Crippen molar-refractivity contribution in [1.82, 2.24) is 10.9 Å². The molecule has 0 aliphatic heterocycles. The van der Waals surface area contributed by atoms with Gasteiger partial charge in [0.05, 0.1) is 5.56 Å². The van der Waals surface area contributed by atoms with E-state index in [0.29, 0.717) is 5.69 Å². The van der Waals surface area contributed by atoms with E-state index in [9.17, 15) is 19.5 Å². The summed E-state index contributed by atoms with van der Waals surface area (Å²) in [5.74, 6) is -1.45. The maximum atomic E-state index is 12.2. The van der Waals surface area contributed by atoms with Crippen molar-refractivity contribution >= 4 is 23.6 Å². The molecule has 2 rings (SSSR count). The van der Waals surface area contributed by atoms with Crippen LogP contribution in [0.5, 0.6) is 5.75 Å². The minimum absolute atomic E-state index is 0.0261. The van der Waals surface area contributed by atoms with Crippen LogP contribution < -0.4 is 16.2 Å². The largest absolute Gasteiger partial charge is 0.507 e. The van der Waals surface area contributed by atoms with Gasteiger partial charge in [0.15, 0.2) is 0 Å². The first kappa shape index (κ1) is 19.8. The molecule has 0 bridgehead atoms. The number of hydrogen-bond acceptors (Lipinski definition) is 5. The molecule has 0 spiro atoms. The number of para-hydroxylation sites is 1. The van der Waals surface area contributed by atoms with Gasteiger partial charge in [0.1, 0.15) is 11.4 Å². The van der Waals surface area contributed by atoms with Gasteiger partial charge >= 0.3 is 6.09 Å². The highest BCUT2D eigenvalue weighted by Gasteiger charge is 2.17. The normalized spacial score (nSPS) is 10.6. The summed E-state index contributed by atoms with van der Waals surface area (Å²) in [7, 11) is 0. The highest BCUT2D eigenvalue weighted by atomic mass is 16.6. The second-order valence-electron chi connectivity index (χ2n) is 6.63. The molecule has 0 fully saturated rings. The van der Waals surface area contributed by atoms with Gasteiger partial charge in [-0.05, 0) is 51.1 Å². The zero-order valence-corrected chi connectivity index (χ0v) is 15.2. The van der Waals surface area contributed by atoms with Crippen LogP contribution in [0.1, 0.15) is 41.5 Å². The second kappa shape index (κ2) is 8.22. The molecule has 2 aromatic rings. The summed E-state index contributed by atoms with van der Waals surface area (Å²) in [6, 6.07) is 12.1. The lowest BCUT2D eigenvalue weighted by atomic mass is 10.2. The predicted molar refractivity (Wildman–Crippen MR) is 99.3 cm³/mol. The topological polar surface area (TPSA) is 117 Å². The molecule has 2 aromatic carbocycles. The third-order valence-corrected chi connectivity index (χ3v) is 3.21. The molecule has 0 saturated heterocycles. The number of rotatable bonds is 3. The quantitative estimate of drug-likeness (QED) is 0.619. The Morgan fingerprint density at radius 2 is 1.59 bits per heavy atom. The number of amides is 3. The Labute approximate surface area is 156 Å². The Hall–Kier alpha value is -3.55. The third kappa shape index (κ3) is 6.03. The predicted octanol–water partition coefficient (Wildman–Crippen LogP) is 2.81. The zero-order valence-electron chi connectivity index (χ0n) is 15.2. The molecule has 27 heavy (non-hydrogen) atoms. The number of ether oxygens (including phenoxy) is 1. The second-order valence-corrected chi connectivity index (χ2v) is 6.63. The molecule has 0 heterocycles. The first-order chi connectivity index (χ1) is 12.7. The van der Waals surface area contributed by atoms with Gasteiger partial charge in [0.2, 0.25) is 0 Å². The first-order valence-electron chi connectivity index (χ1n) is 8.14. The van der Waals surface area contributed by atoms with E-state index in [-0.39, 0.29) is 16.9 Å². The van der Waals surface area contributed by atoms with Crippen LogP contribution in [-0.4, -0.2) is 28.6 Å². The van der Waals surface area contributed by atoms with Gasteiger partial charge in [-0.25, -0.2) is 4.79 Å². The van der Waals surface area contributed by atoms with Crippen molar-refractivity contribution in [2.75, 3.05) is 5.32 Å². The molecule has 142 valence electrons. The highest BCUT2D eigenvalue weighted by molar-refractivity contribution is 6.01. The number of hydrogen-bond donors (Lipinski definition) is 4. The molecule has 8 heteroatoms. The molecule has 3 amide bonds. The van der Waals surface area contributed by atoms with Crippen LogP contribution in [0.2, 0.25) is 0 Å². The lowest BCUT2D eigenvalue weighted by Crippen LogP contribution is -2.41. The van der Waals surface area contributed by atoms with Crippen molar-refractivity contribution in [1.29, 1.82) is 0 Å². The molecule has 0 radical (unpaired) electrons. The average Bonchev–Trinajstić information content (AvgIpc) is 2.58. The van der Waals surface area contributed by atoms with Gasteiger partial charge in [-0.1, -0.05) is 18.2 Å². The molecule has 0 atom stereocenters. The van der Waals surface area contributed by atoms with Crippen LogP contribution in [0.15, 0.2) is 48.5 Å². The van der Waals surface area contributed by atoms with E-state index >= 15 is 0 Å². The molecular weight excluding hydrogens is 350 g/mol. The fraction of sp³-hybridized carbons (Fsp3) is 0.211. The van der Waals surface area contributed by atoms with E-state index in [1.807, 2.05) is 0 Å². The smallest absolute Gasteiger partial charge is 0.412 e. The summed E-state index contributed by atoms with van der Waals surface area (Å²) < 4.78 is 5.15. The Balaban J connectivity index is 1.98. The Bertz CT molecular complexity index is 858. The van der Waals surface area contributed by atoms with Crippen molar-refractivity contribution < 1.29 is 24.2 Å². The van der Waals surface area contributed by atoms with E-state index in [0.717, 1.165) is 0 Å². The standard InChI is InChI=1S/C19H21N3O5/c1-19(2,3)27-18(26)20-13-8-6-7-12(11-13)16(24)21-22-17(25)14-9-4-5-10-15(14)23/h4-11,23H,1-3H3,(H,20,26)(H,21,24)(H,22,25). The number of benzene rings is 2. The van der Waals surface area contributed by atoms with Gasteiger partial charge in [0.25, 0.3) is 11.8 Å². The molecular formula is C19H21N3O5. The molecule has 0 aliphatic rings. The van der Waals surface area contributed by atoms with Gasteiger partial charge in [-0.2, -0.15) is 0 Å². The molecule has 0 aromatic heterocycles. The maximum absolute atomic E-state index is 12.2. The molecule has 0 unspecified atom stereocenters. The van der Waals surface area contributed by atoms with Gasteiger partial charge in [0, 0.05) is 11.3 Å². The number of anilines is 1. The molecule has 0 saturated carbocycles. The Kier molecular flexibility index (Phi) is 6.02. The summed E-state index contributed by atoms with van der Waals surface area (Å²) in [6.07, 6.45) is -0.645. The van der Waals surface area contributed by atoms with Crippen molar-refractivity contribution in [3.05, 3.63) is 59.7 Å². The summed E-state index contributed by atoms with van der Waals surface area (Å²) in [4.78, 5) is 36.0. The molecule has 8 nitrogen and oxygen atoms in total. The van der Waals surface area contributed by atoms with E-state index in [4.69, 9.17) is 4.74 Å². The van der Waals surface area contributed by atoms with Crippen molar-refractivity contribution in [3.8, 4) is 5.75 Å². The fourth-order valence-corrected chi connectivity index (χ4v) is 2.08. The van der Waals surface area contributed by atoms with Crippen LogP contribution >= 0.6 is 0 Å². The lowest BCUT2D eigenvalue weighted by molar-refractivity contribution is 0.0635. The van der Waals surface area contributed by atoms with Crippen molar-refractivity contribution in [2.45, 2.75) is 26.4 Å². The van der Waals surface area contributed by atoms with Gasteiger partial charge in [-0.15, -0.1) is 0 Å². The Morgan fingerprint density at radius 1 is 0.926 bits per heavy atom. The van der Waals surface area contributed by atoms with E-state index in [1.165, 1.54) is 24.3 Å². The first-order valence-corrected chi connectivity index (χ1v) is 8.14.